The summed E-state index contributed by atoms with van der Waals surface area (Å²) in [6.45, 7) is 1.67. The number of carbonyl (C=O) groups is 1. The maximum absolute atomic E-state index is 12.6. The molecule has 2 aromatic carbocycles. The zero-order chi connectivity index (χ0) is 20.6. The smallest absolute Gasteiger partial charge is 0.292 e. The van der Waals surface area contributed by atoms with E-state index in [1.807, 2.05) is 35.2 Å². The van der Waals surface area contributed by atoms with E-state index in [0.717, 1.165) is 5.56 Å². The molecule has 154 valence electrons. The van der Waals surface area contributed by atoms with Crippen LogP contribution < -0.4 is 10.2 Å². The highest BCUT2D eigenvalue weighted by Gasteiger charge is 2.28. The molecule has 1 aliphatic rings. The number of benzene rings is 2. The fourth-order valence-corrected chi connectivity index (χ4v) is 3.81. The third-order valence-corrected chi connectivity index (χ3v) is 5.48. The van der Waals surface area contributed by atoms with E-state index in [1.54, 1.807) is 18.2 Å². The number of aliphatic hydroxyl groups excluding tert-OH is 1. The molecule has 2 aromatic rings. The third kappa shape index (κ3) is 5.54. The van der Waals surface area contributed by atoms with Gasteiger partial charge in [-0.25, -0.2) is 0 Å². The first-order valence-electron chi connectivity index (χ1n) is 9.99. The number of carbonyl (C=O) groups excluding carboxylic acids is 1. The average Bonchev–Trinajstić information content (AvgIpc) is 2.77. The van der Waals surface area contributed by atoms with Gasteiger partial charge in [0, 0.05) is 44.1 Å². The SMILES string of the molecule is O=C(NC[C@H](CO)Cc1ccccc1)C1CCN(c2ccccc2[N+](=O)[O-])CC1. The van der Waals surface area contributed by atoms with Gasteiger partial charge in [-0.1, -0.05) is 42.5 Å². The summed E-state index contributed by atoms with van der Waals surface area (Å²) in [5, 5.41) is 23.9. The highest BCUT2D eigenvalue weighted by molar-refractivity contribution is 5.79. The van der Waals surface area contributed by atoms with E-state index in [9.17, 15) is 20.0 Å². The predicted octanol–water partition coefficient (Wildman–Crippen LogP) is 2.78. The van der Waals surface area contributed by atoms with Crippen LogP contribution in [0.15, 0.2) is 54.6 Å². The number of nitrogens with one attached hydrogen (secondary N) is 1. The molecule has 0 spiro atoms. The summed E-state index contributed by atoms with van der Waals surface area (Å²) in [5.74, 6) is -0.128. The second-order valence-electron chi connectivity index (χ2n) is 7.49. The Morgan fingerprint density at radius 1 is 1.14 bits per heavy atom. The van der Waals surface area contributed by atoms with Crippen LogP contribution in [-0.4, -0.2) is 42.2 Å². The first-order valence-corrected chi connectivity index (χ1v) is 9.99. The van der Waals surface area contributed by atoms with Gasteiger partial charge in [-0.05, 0) is 30.9 Å². The number of anilines is 1. The number of rotatable bonds is 8. The maximum atomic E-state index is 12.6. The first-order chi connectivity index (χ1) is 14.1. The molecule has 3 rings (SSSR count). The van der Waals surface area contributed by atoms with Crippen molar-refractivity contribution in [3.05, 3.63) is 70.3 Å². The van der Waals surface area contributed by atoms with E-state index in [1.165, 1.54) is 6.07 Å². The number of aliphatic hydroxyl groups is 1. The summed E-state index contributed by atoms with van der Waals surface area (Å²) >= 11 is 0. The van der Waals surface area contributed by atoms with Gasteiger partial charge in [0.25, 0.3) is 5.69 Å². The second kappa shape index (κ2) is 10.0. The monoisotopic (exact) mass is 397 g/mol. The zero-order valence-corrected chi connectivity index (χ0v) is 16.4. The molecule has 0 saturated carbocycles. The molecule has 29 heavy (non-hydrogen) atoms. The number of para-hydroxylation sites is 2. The lowest BCUT2D eigenvalue weighted by Crippen LogP contribution is -2.42. The van der Waals surface area contributed by atoms with Crippen molar-refractivity contribution in [3.8, 4) is 0 Å². The molecule has 1 fully saturated rings. The van der Waals surface area contributed by atoms with E-state index in [0.29, 0.717) is 44.6 Å². The highest BCUT2D eigenvalue weighted by Crippen LogP contribution is 2.31. The Labute approximate surface area is 170 Å². The van der Waals surface area contributed by atoms with Crippen LogP contribution in [0.5, 0.6) is 0 Å². The summed E-state index contributed by atoms with van der Waals surface area (Å²) in [7, 11) is 0. The quantitative estimate of drug-likeness (QED) is 0.527. The van der Waals surface area contributed by atoms with Crippen LogP contribution in [0.2, 0.25) is 0 Å². The first kappa shape index (κ1) is 20.8. The molecule has 7 heteroatoms. The van der Waals surface area contributed by atoms with Crippen LogP contribution in [0, 0.1) is 22.0 Å². The third-order valence-electron chi connectivity index (χ3n) is 5.48. The van der Waals surface area contributed by atoms with E-state index >= 15 is 0 Å². The summed E-state index contributed by atoms with van der Waals surface area (Å²) < 4.78 is 0. The van der Waals surface area contributed by atoms with Crippen molar-refractivity contribution in [2.75, 3.05) is 31.1 Å². The van der Waals surface area contributed by atoms with E-state index in [4.69, 9.17) is 0 Å². The minimum absolute atomic E-state index is 0.00118. The average molecular weight is 397 g/mol. The van der Waals surface area contributed by atoms with Crippen LogP contribution in [0.25, 0.3) is 0 Å². The Kier molecular flexibility index (Phi) is 7.19. The number of nitro groups is 1. The van der Waals surface area contributed by atoms with Crippen molar-refractivity contribution >= 4 is 17.3 Å². The standard InChI is InChI=1S/C22H27N3O4/c26-16-18(14-17-6-2-1-3-7-17)15-23-22(27)19-10-12-24(13-11-19)20-8-4-5-9-21(20)25(28)29/h1-9,18-19,26H,10-16H2,(H,23,27)/t18-/m1/s1. The fraction of sp³-hybridized carbons (Fsp3) is 0.409. The maximum Gasteiger partial charge on any atom is 0.292 e. The molecule has 1 amide bonds. The fourth-order valence-electron chi connectivity index (χ4n) is 3.81. The molecule has 0 unspecified atom stereocenters. The lowest BCUT2D eigenvalue weighted by atomic mass is 9.94. The normalized spacial score (nSPS) is 15.7. The Hall–Kier alpha value is -2.93. The summed E-state index contributed by atoms with van der Waals surface area (Å²) in [6.07, 6.45) is 2.02. The summed E-state index contributed by atoms with van der Waals surface area (Å²) in [6, 6.07) is 16.6. The topological polar surface area (TPSA) is 95.7 Å². The van der Waals surface area contributed by atoms with Gasteiger partial charge in [-0.2, -0.15) is 0 Å². The zero-order valence-electron chi connectivity index (χ0n) is 16.4. The molecule has 1 atom stereocenters. The molecular weight excluding hydrogens is 370 g/mol. The van der Waals surface area contributed by atoms with Gasteiger partial charge in [-0.3, -0.25) is 14.9 Å². The van der Waals surface area contributed by atoms with Crippen LogP contribution in [0.4, 0.5) is 11.4 Å². The second-order valence-corrected chi connectivity index (χ2v) is 7.49. The Morgan fingerprint density at radius 3 is 2.45 bits per heavy atom. The molecule has 0 radical (unpaired) electrons. The molecule has 2 N–H and O–H groups in total. The number of piperidine rings is 1. The van der Waals surface area contributed by atoms with Crippen LogP contribution in [0.1, 0.15) is 18.4 Å². The van der Waals surface area contributed by atoms with E-state index in [2.05, 4.69) is 5.32 Å². The molecule has 7 nitrogen and oxygen atoms in total. The van der Waals surface area contributed by atoms with Gasteiger partial charge in [0.1, 0.15) is 5.69 Å². The minimum Gasteiger partial charge on any atom is -0.396 e. The number of hydrogen-bond acceptors (Lipinski definition) is 5. The lowest BCUT2D eigenvalue weighted by Gasteiger charge is -2.32. The van der Waals surface area contributed by atoms with Crippen LogP contribution in [0.3, 0.4) is 0 Å². The van der Waals surface area contributed by atoms with Crippen molar-refractivity contribution in [1.29, 1.82) is 0 Å². The number of nitro benzene ring substituents is 1. The van der Waals surface area contributed by atoms with Crippen molar-refractivity contribution in [3.63, 3.8) is 0 Å². The number of nitrogens with zero attached hydrogens (tertiary/aromatic N) is 2. The van der Waals surface area contributed by atoms with Gasteiger partial charge < -0.3 is 15.3 Å². The Bertz CT molecular complexity index is 820. The van der Waals surface area contributed by atoms with Crippen molar-refractivity contribution in [1.82, 2.24) is 5.32 Å². The van der Waals surface area contributed by atoms with Gasteiger partial charge in [0.15, 0.2) is 0 Å². The summed E-state index contributed by atoms with van der Waals surface area (Å²) in [4.78, 5) is 25.4. The van der Waals surface area contributed by atoms with Gasteiger partial charge >= 0.3 is 0 Å². The van der Waals surface area contributed by atoms with Gasteiger partial charge in [0.05, 0.1) is 4.92 Å². The van der Waals surface area contributed by atoms with Gasteiger partial charge in [0.2, 0.25) is 5.91 Å². The molecule has 0 aliphatic carbocycles. The number of hydrogen-bond donors (Lipinski definition) is 2. The molecular formula is C22H27N3O4. The van der Waals surface area contributed by atoms with Crippen molar-refractivity contribution in [2.45, 2.75) is 19.3 Å². The summed E-state index contributed by atoms with van der Waals surface area (Å²) in [5.41, 5.74) is 1.85. The highest BCUT2D eigenvalue weighted by atomic mass is 16.6. The molecule has 1 saturated heterocycles. The number of amides is 1. The Morgan fingerprint density at radius 2 is 1.79 bits per heavy atom. The predicted molar refractivity (Wildman–Crippen MR) is 112 cm³/mol. The Balaban J connectivity index is 1.49. The minimum atomic E-state index is -0.365. The molecule has 0 bridgehead atoms. The van der Waals surface area contributed by atoms with Crippen molar-refractivity contribution in [2.24, 2.45) is 11.8 Å². The lowest BCUT2D eigenvalue weighted by molar-refractivity contribution is -0.384. The van der Waals surface area contributed by atoms with Crippen LogP contribution >= 0.6 is 0 Å². The largest absolute Gasteiger partial charge is 0.396 e. The van der Waals surface area contributed by atoms with Gasteiger partial charge in [-0.15, -0.1) is 0 Å². The molecule has 1 aliphatic heterocycles. The molecule has 0 aromatic heterocycles. The van der Waals surface area contributed by atoms with Crippen molar-refractivity contribution < 1.29 is 14.8 Å². The van der Waals surface area contributed by atoms with Crippen LogP contribution in [-0.2, 0) is 11.2 Å². The molecule has 1 heterocycles. The van der Waals surface area contributed by atoms with E-state index < -0.39 is 0 Å². The van der Waals surface area contributed by atoms with E-state index in [-0.39, 0.29) is 35.0 Å².